The molecule has 2 aliphatic rings. The van der Waals surface area contributed by atoms with Gasteiger partial charge in [-0.15, -0.1) is 0 Å². The Kier molecular flexibility index (Phi) is 8.23. The van der Waals surface area contributed by atoms with Crippen LogP contribution in [-0.2, 0) is 17.5 Å². The molecule has 5 nitrogen and oxygen atoms in total. The highest BCUT2D eigenvalue weighted by Crippen LogP contribution is 2.43. The van der Waals surface area contributed by atoms with Crippen LogP contribution in [0.3, 0.4) is 0 Å². The highest BCUT2D eigenvalue weighted by atomic mass is 32.2. The molecule has 0 aromatic heterocycles. The van der Waals surface area contributed by atoms with Gasteiger partial charge in [0.05, 0.1) is 22.7 Å². The van der Waals surface area contributed by atoms with E-state index in [1.165, 1.54) is 17.8 Å². The van der Waals surface area contributed by atoms with E-state index in [1.54, 1.807) is 28.0 Å². The van der Waals surface area contributed by atoms with Crippen LogP contribution in [0, 0.1) is 6.92 Å². The first-order valence-corrected chi connectivity index (χ1v) is 15.1. The molecule has 0 bridgehead atoms. The summed E-state index contributed by atoms with van der Waals surface area (Å²) in [5.41, 5.74) is 3.95. The molecule has 0 saturated carbocycles. The van der Waals surface area contributed by atoms with Crippen LogP contribution < -0.4 is 9.80 Å². The maximum Gasteiger partial charge on any atom is 0.416 e. The molecule has 0 radical (unpaired) electrons. The Morgan fingerprint density at radius 2 is 1.61 bits per heavy atom. The molecule has 4 aromatic carbocycles. The fourth-order valence-corrected chi connectivity index (χ4v) is 6.56. The van der Waals surface area contributed by atoms with Gasteiger partial charge >= 0.3 is 6.18 Å². The predicted molar refractivity (Wildman–Crippen MR) is 169 cm³/mol. The van der Waals surface area contributed by atoms with Crippen molar-refractivity contribution in [3.63, 3.8) is 0 Å². The number of carbonyl (C=O) groups excluding carboxylic acids is 2. The molecule has 224 valence electrons. The largest absolute Gasteiger partial charge is 0.416 e. The van der Waals surface area contributed by atoms with Crippen LogP contribution >= 0.6 is 11.8 Å². The number of alkyl halides is 3. The highest BCUT2D eigenvalue weighted by molar-refractivity contribution is 8.04. The second-order valence-corrected chi connectivity index (χ2v) is 12.0. The minimum absolute atomic E-state index is 0.132. The summed E-state index contributed by atoms with van der Waals surface area (Å²) in [4.78, 5) is 34.3. The van der Waals surface area contributed by atoms with Crippen LogP contribution in [-0.4, -0.2) is 42.9 Å². The van der Waals surface area contributed by atoms with E-state index in [0.717, 1.165) is 33.7 Å². The van der Waals surface area contributed by atoms with Gasteiger partial charge in [0.1, 0.15) is 0 Å². The standard InChI is InChI=1S/C35H30F3N3O2S/c1-24-7-5-10-26(19-24)23-41-30-21-27(13-14-31(30)44-32(34(41)43)20-25-8-3-2-4-9-25)33(42)40-17-15-39(16-18-40)29-12-6-11-28(22-29)35(36,37)38/h2-14,19-22H,15-18,23H2,1H3/b32-20-. The average molecular weight is 614 g/mol. The van der Waals surface area contributed by atoms with Crippen LogP contribution in [0.4, 0.5) is 24.5 Å². The lowest BCUT2D eigenvalue weighted by Crippen LogP contribution is -2.48. The number of nitrogens with zero attached hydrogens (tertiary/aromatic N) is 3. The van der Waals surface area contributed by atoms with Crippen molar-refractivity contribution in [3.05, 3.63) is 130 Å². The van der Waals surface area contributed by atoms with Gasteiger partial charge in [-0.05, 0) is 60.5 Å². The maximum absolute atomic E-state index is 13.9. The van der Waals surface area contributed by atoms with Crippen LogP contribution in [0.25, 0.3) is 6.08 Å². The van der Waals surface area contributed by atoms with E-state index in [-0.39, 0.29) is 11.8 Å². The molecule has 0 unspecified atom stereocenters. The first-order valence-electron chi connectivity index (χ1n) is 14.3. The molecule has 6 rings (SSSR count). The molecule has 1 saturated heterocycles. The molecule has 0 spiro atoms. The number of hydrogen-bond donors (Lipinski definition) is 0. The second kappa shape index (κ2) is 12.2. The summed E-state index contributed by atoms with van der Waals surface area (Å²) in [6.45, 7) is 3.94. The summed E-state index contributed by atoms with van der Waals surface area (Å²) in [5.74, 6) is -0.303. The van der Waals surface area contributed by atoms with Crippen molar-refractivity contribution >= 4 is 41.0 Å². The third-order valence-electron chi connectivity index (χ3n) is 7.80. The smallest absolute Gasteiger partial charge is 0.368 e. The number of thioether (sulfide) groups is 1. The van der Waals surface area contributed by atoms with E-state index in [2.05, 4.69) is 0 Å². The number of aryl methyl sites for hydroxylation is 1. The minimum Gasteiger partial charge on any atom is -0.368 e. The lowest BCUT2D eigenvalue weighted by Gasteiger charge is -2.36. The van der Waals surface area contributed by atoms with Crippen molar-refractivity contribution in [2.45, 2.75) is 24.5 Å². The van der Waals surface area contributed by atoms with E-state index in [4.69, 9.17) is 0 Å². The van der Waals surface area contributed by atoms with Crippen LogP contribution in [0.1, 0.15) is 32.6 Å². The molecule has 9 heteroatoms. The SMILES string of the molecule is Cc1cccc(CN2C(=O)/C(=C/c3ccccc3)Sc3ccc(C(=O)N4CCN(c5cccc(C(F)(F)F)c5)CC4)cc32)c1. The van der Waals surface area contributed by atoms with Gasteiger partial charge in [0.25, 0.3) is 11.8 Å². The molecule has 2 heterocycles. The number of amides is 2. The Bertz CT molecular complexity index is 1730. The van der Waals surface area contributed by atoms with Crippen molar-refractivity contribution in [3.8, 4) is 0 Å². The van der Waals surface area contributed by atoms with Crippen LogP contribution in [0.15, 0.2) is 107 Å². The van der Waals surface area contributed by atoms with E-state index < -0.39 is 11.7 Å². The number of hydrogen-bond acceptors (Lipinski definition) is 4. The number of anilines is 2. The van der Waals surface area contributed by atoms with Crippen molar-refractivity contribution < 1.29 is 22.8 Å². The van der Waals surface area contributed by atoms with Gasteiger partial charge in [0, 0.05) is 42.3 Å². The summed E-state index contributed by atoms with van der Waals surface area (Å²) in [5, 5.41) is 0. The molecule has 0 atom stereocenters. The number of halogens is 3. The van der Waals surface area contributed by atoms with Gasteiger partial charge < -0.3 is 14.7 Å². The fraction of sp³-hybridized carbons (Fsp3) is 0.200. The van der Waals surface area contributed by atoms with Gasteiger partial charge in [-0.2, -0.15) is 13.2 Å². The Morgan fingerprint density at radius 1 is 0.864 bits per heavy atom. The average Bonchev–Trinajstić information content (AvgIpc) is 3.03. The Hall–Kier alpha value is -4.50. The van der Waals surface area contributed by atoms with Gasteiger partial charge in [-0.1, -0.05) is 78.0 Å². The highest BCUT2D eigenvalue weighted by Gasteiger charge is 2.33. The Morgan fingerprint density at radius 3 is 2.34 bits per heavy atom. The number of carbonyl (C=O) groups is 2. The van der Waals surface area contributed by atoms with Crippen molar-refractivity contribution in [1.29, 1.82) is 0 Å². The summed E-state index contributed by atoms with van der Waals surface area (Å²) in [7, 11) is 0. The van der Waals surface area contributed by atoms with E-state index in [0.29, 0.717) is 54.6 Å². The summed E-state index contributed by atoms with van der Waals surface area (Å²) >= 11 is 1.39. The molecule has 4 aromatic rings. The first kappa shape index (κ1) is 29.6. The van der Waals surface area contributed by atoms with Gasteiger partial charge in [0.15, 0.2) is 0 Å². The monoisotopic (exact) mass is 613 g/mol. The summed E-state index contributed by atoms with van der Waals surface area (Å²) in [6.07, 6.45) is -2.52. The second-order valence-electron chi connectivity index (χ2n) is 10.9. The summed E-state index contributed by atoms with van der Waals surface area (Å²) in [6, 6.07) is 28.5. The number of piperazine rings is 1. The number of rotatable bonds is 5. The van der Waals surface area contributed by atoms with Crippen LogP contribution in [0.2, 0.25) is 0 Å². The number of benzene rings is 4. The van der Waals surface area contributed by atoms with Crippen molar-refractivity contribution in [2.24, 2.45) is 0 Å². The number of fused-ring (bicyclic) bond motifs is 1. The topological polar surface area (TPSA) is 43.9 Å². The van der Waals surface area contributed by atoms with Crippen molar-refractivity contribution in [2.75, 3.05) is 36.0 Å². The molecule has 0 aliphatic carbocycles. The molecule has 1 fully saturated rings. The molecule has 0 N–H and O–H groups in total. The normalized spacial score (nSPS) is 16.3. The molecular formula is C35H30F3N3O2S. The van der Waals surface area contributed by atoms with Gasteiger partial charge in [-0.3, -0.25) is 9.59 Å². The van der Waals surface area contributed by atoms with E-state index in [1.807, 2.05) is 78.6 Å². The van der Waals surface area contributed by atoms with Crippen molar-refractivity contribution in [1.82, 2.24) is 4.90 Å². The fourth-order valence-electron chi connectivity index (χ4n) is 5.52. The van der Waals surface area contributed by atoms with E-state index in [9.17, 15) is 22.8 Å². The van der Waals surface area contributed by atoms with Crippen LogP contribution in [0.5, 0.6) is 0 Å². The van der Waals surface area contributed by atoms with Gasteiger partial charge in [0.2, 0.25) is 0 Å². The third kappa shape index (κ3) is 6.38. The molecule has 2 amide bonds. The lowest BCUT2D eigenvalue weighted by molar-refractivity contribution is -0.137. The third-order valence-corrected chi connectivity index (χ3v) is 8.88. The quantitative estimate of drug-likeness (QED) is 0.217. The predicted octanol–water partition coefficient (Wildman–Crippen LogP) is 7.66. The molecule has 44 heavy (non-hydrogen) atoms. The molecule has 2 aliphatic heterocycles. The zero-order valence-electron chi connectivity index (χ0n) is 24.1. The Labute approximate surface area is 258 Å². The Balaban J connectivity index is 1.24. The summed E-state index contributed by atoms with van der Waals surface area (Å²) < 4.78 is 39.7. The zero-order valence-corrected chi connectivity index (χ0v) is 24.9. The van der Waals surface area contributed by atoms with Gasteiger partial charge in [-0.25, -0.2) is 0 Å². The lowest BCUT2D eigenvalue weighted by atomic mass is 10.1. The van der Waals surface area contributed by atoms with E-state index >= 15 is 0 Å². The minimum atomic E-state index is -4.41. The maximum atomic E-state index is 13.9. The zero-order chi connectivity index (χ0) is 30.8. The first-order chi connectivity index (χ1) is 21.2. The molecular weight excluding hydrogens is 583 g/mol.